The summed E-state index contributed by atoms with van der Waals surface area (Å²) in [6, 6.07) is 24.9. The number of phenolic OH excluding ortho intramolecular Hbond substituents is 1. The Labute approximate surface area is 718 Å². The fourth-order valence-electron chi connectivity index (χ4n) is 13.3. The highest BCUT2D eigenvalue weighted by Gasteiger charge is 2.41. The Morgan fingerprint density at radius 2 is 1.02 bits per heavy atom. The second-order valence-corrected chi connectivity index (χ2v) is 32.3. The van der Waals surface area contributed by atoms with Crippen LogP contribution in [0.3, 0.4) is 0 Å². The van der Waals surface area contributed by atoms with Gasteiger partial charge in [-0.15, -0.1) is 16.4 Å². The molecule has 121 heavy (non-hydrogen) atoms. The molecule has 0 spiro atoms. The summed E-state index contributed by atoms with van der Waals surface area (Å²) in [5.74, 6) is -0.153. The van der Waals surface area contributed by atoms with E-state index in [0.29, 0.717) is 162 Å². The van der Waals surface area contributed by atoms with Crippen molar-refractivity contribution in [1.82, 2.24) is 30.3 Å². The number of ether oxygens (including phenoxy) is 15. The van der Waals surface area contributed by atoms with Gasteiger partial charge in [0.2, 0.25) is 0 Å². The van der Waals surface area contributed by atoms with Crippen molar-refractivity contribution in [3.05, 3.63) is 170 Å². The first-order valence-corrected chi connectivity index (χ1v) is 41.3. The highest BCUT2D eigenvalue weighted by Crippen LogP contribution is 2.44. The monoisotopic (exact) mass is 1820 g/mol. The number of hydrogen-bond donors (Lipinski definition) is 5. The average molecular weight is 1820 g/mol. The average Bonchev–Trinajstić information content (AvgIpc) is 1.63. The molecule has 41 heteroatoms. The molecule has 0 amide bonds. The van der Waals surface area contributed by atoms with Gasteiger partial charge in [0.15, 0.2) is 20.5 Å². The number of phenols is 1. The number of esters is 5. The lowest BCUT2D eigenvalue weighted by Crippen LogP contribution is -2.34. The van der Waals surface area contributed by atoms with Gasteiger partial charge in [-0.1, -0.05) is 45.8 Å². The zero-order valence-corrected chi connectivity index (χ0v) is 70.9. The number of aliphatic hydroxyl groups excluding tert-OH is 1. The van der Waals surface area contributed by atoms with E-state index in [1.165, 1.54) is 102 Å². The second-order valence-electron chi connectivity index (χ2n) is 28.1. The third kappa shape index (κ3) is 25.0. The number of para-hydroxylation sites is 1. The van der Waals surface area contributed by atoms with E-state index >= 15 is 0 Å². The van der Waals surface area contributed by atoms with Crippen molar-refractivity contribution >= 4 is 134 Å². The van der Waals surface area contributed by atoms with Gasteiger partial charge in [-0.2, -0.15) is 0 Å². The topological polar surface area (TPSA) is 471 Å². The molecule has 8 atom stereocenters. The molecule has 7 N–H and O–H groups in total. The summed E-state index contributed by atoms with van der Waals surface area (Å²) in [6.45, 7) is 7.56. The van der Waals surface area contributed by atoms with Crippen LogP contribution in [-0.2, 0) is 58.7 Å². The van der Waals surface area contributed by atoms with E-state index in [2.05, 4.69) is 55.7 Å². The number of methoxy groups -OCH3 is 5. The van der Waals surface area contributed by atoms with Crippen LogP contribution in [0.2, 0.25) is 10.0 Å². The molecule has 8 aliphatic rings. The minimum absolute atomic E-state index is 0.00481. The lowest BCUT2D eigenvalue weighted by atomic mass is 10.1. The number of aliphatic hydroxyl groups is 1. The van der Waals surface area contributed by atoms with Gasteiger partial charge >= 0.3 is 41.2 Å². The highest BCUT2D eigenvalue weighted by molar-refractivity contribution is 9.11. The first-order valence-electron chi connectivity index (χ1n) is 38.2. The zero-order valence-electron chi connectivity index (χ0n) is 66.2. The Balaban J connectivity index is 0.000000141. The quantitative estimate of drug-likeness (QED) is 0.0155. The molecule has 3 aromatic heterocycles. The number of nitro groups is 2. The van der Waals surface area contributed by atoms with Gasteiger partial charge in [-0.05, 0) is 121 Å². The predicted octanol–water partition coefficient (Wildman–Crippen LogP) is 12.2. The van der Waals surface area contributed by atoms with Crippen LogP contribution in [-0.4, -0.2) is 226 Å². The Bertz CT molecular complexity index is 4970. The molecule has 6 aromatic carbocycles. The molecule has 2 aliphatic carbocycles. The van der Waals surface area contributed by atoms with E-state index in [1.807, 2.05) is 18.2 Å². The van der Waals surface area contributed by atoms with Crippen LogP contribution in [0.4, 0.5) is 22.2 Å². The largest absolute Gasteiger partial charge is 0.502 e. The number of nitrogens with zero attached hydrogens (tertiary/aromatic N) is 7. The predicted molar refractivity (Wildman–Crippen MR) is 444 cm³/mol. The van der Waals surface area contributed by atoms with Gasteiger partial charge < -0.3 is 98.1 Å². The molecule has 6 aliphatic heterocycles. The molecule has 36 nitrogen and oxygen atoms in total. The van der Waals surface area contributed by atoms with Gasteiger partial charge in [0.05, 0.1) is 188 Å². The van der Waals surface area contributed by atoms with Crippen molar-refractivity contribution in [3.8, 4) is 34.4 Å². The van der Waals surface area contributed by atoms with Crippen molar-refractivity contribution in [2.45, 2.75) is 113 Å². The fourth-order valence-corrected chi connectivity index (χ4v) is 16.1. The molecule has 6 saturated heterocycles. The molecule has 0 radical (unpaired) electrons. The number of rotatable bonds is 20. The zero-order chi connectivity index (χ0) is 86.4. The second kappa shape index (κ2) is 44.0. The minimum atomic E-state index is -0.740. The number of aromatic hydroxyl groups is 1. The van der Waals surface area contributed by atoms with Crippen molar-refractivity contribution in [3.63, 3.8) is 0 Å². The van der Waals surface area contributed by atoms with Crippen molar-refractivity contribution in [2.24, 2.45) is 5.92 Å². The number of carbonyl (C=O) groups excluding carboxylic acids is 5. The number of anilines is 2. The summed E-state index contributed by atoms with van der Waals surface area (Å²) >= 11 is 18.9. The maximum atomic E-state index is 11.7. The van der Waals surface area contributed by atoms with E-state index < -0.39 is 45.2 Å². The molecule has 8 fully saturated rings. The van der Waals surface area contributed by atoms with Crippen LogP contribution in [0, 0.1) is 26.1 Å². The normalized spacial score (nSPS) is 20.2. The SMILES string of the molecule is COC(=O)c1cc(O[C@@H]2CCOC2)c2nc(Br)sc2c1.COC(=O)c1cc(O[C@@H]2CCOC2)c2nc(N)sc2c1.COC(=O)c1ccc(N)c(O[C@@H]2CCOC2)c1.COC(=O)c1ccc([N+](=O)[O-])c(O)c1.COC(=O)c1ccc([N+](=O)[O-])c(O[C@@H]2CCOC2)c1.Clc1cccc(Cl)c1-n1nnc(C2CC2)c1CO[C@@H]1C[C@@H]2C[C@H]1CN2.O[C@H]1CCOC1. The number of benzene rings is 6. The smallest absolute Gasteiger partial charge is 0.338 e. The molecule has 0 unspecified atom stereocenters. The van der Waals surface area contributed by atoms with Gasteiger partial charge in [-0.3, -0.25) is 20.2 Å². The van der Waals surface area contributed by atoms with Gasteiger partial charge in [0.1, 0.15) is 58.4 Å². The van der Waals surface area contributed by atoms with Crippen molar-refractivity contribution in [2.75, 3.05) is 120 Å². The van der Waals surface area contributed by atoms with E-state index in [4.69, 9.17) is 102 Å². The molecule has 648 valence electrons. The van der Waals surface area contributed by atoms with Gasteiger partial charge in [0, 0.05) is 75.1 Å². The first kappa shape index (κ1) is 91.5. The highest BCUT2D eigenvalue weighted by atomic mass is 79.9. The summed E-state index contributed by atoms with van der Waals surface area (Å²) in [7, 11) is 6.47. The summed E-state index contributed by atoms with van der Waals surface area (Å²) < 4.78 is 82.4. The van der Waals surface area contributed by atoms with Crippen molar-refractivity contribution in [1.29, 1.82) is 0 Å². The minimum Gasteiger partial charge on any atom is -0.502 e. The number of nitrogens with two attached hydrogens (primary N) is 2. The number of fused-ring (bicyclic) bond motifs is 4. The summed E-state index contributed by atoms with van der Waals surface area (Å²) in [6.07, 6.45) is 8.55. The molecule has 2 bridgehead atoms. The first-order chi connectivity index (χ1) is 58.3. The molecular formula is C80H89BrCl2N10O26S2. The Morgan fingerprint density at radius 1 is 0.570 bits per heavy atom. The fraction of sp³-hybridized carbons (Fsp3) is 0.438. The number of nitrogens with one attached hydrogen (secondary N) is 1. The Kier molecular flexibility index (Phi) is 33.3. The number of aromatic nitrogens is 5. The number of halogens is 3. The molecule has 9 heterocycles. The molecular weight excluding hydrogens is 1730 g/mol. The van der Waals surface area contributed by atoms with E-state index in [-0.39, 0.29) is 59.1 Å². The standard InChI is InChI=1S/C18H20Cl2N4O.C13H12BrNO4S.C13H14N2O4S.C12H13NO6.C12H15NO4.C8H7NO5.C4H8O2/c19-13-2-1-3-14(20)18(13)24-15(17(22-23-24)10-4-5-10)9-25-16-7-12-6-11(16)8-21-12;2*1-17-12(16)7-4-9(19-8-2-3-18-6-8)11-10(5-7)20-13(14)15-11;1-17-12(14)8-2-3-10(13(15)16)11(6-8)19-9-4-5-18-7-9;1-15-12(14)8-2-3-10(13)11(6-8)17-9-4-5-16-7-9;1-14-8(11)5-2-3-6(9(12)13)7(10)4-5;5-4-1-2-6-3-4/h1-3,10-12,16,21H,4-9H2;4-5,8H,2-3,6H2,1H3;4-5,8H,2-3,6H2,1H3,(H2,14,15);2-3,6,9H,4-5,7H2,1H3;2-3,6,9H,4-5,7,13H2,1H3;2-4,10H,1H3;4-5H,1-3H2/t11-,12-,16+;2*8-;2*9-;;4-/m01111.0/s1. The lowest BCUT2D eigenvalue weighted by Gasteiger charge is -2.23. The van der Waals surface area contributed by atoms with Crippen LogP contribution in [0.25, 0.3) is 26.1 Å². The number of nitro benzene ring substituents is 2. The number of nitrogen functional groups attached to an aromatic ring is 2. The summed E-state index contributed by atoms with van der Waals surface area (Å²) in [5, 5.41) is 52.9. The van der Waals surface area contributed by atoms with Crippen LogP contribution >= 0.6 is 61.8 Å². The third-order valence-electron chi connectivity index (χ3n) is 19.6. The maximum Gasteiger partial charge on any atom is 0.338 e. The van der Waals surface area contributed by atoms with Gasteiger partial charge in [-0.25, -0.2) is 38.6 Å². The van der Waals surface area contributed by atoms with Gasteiger partial charge in [0.25, 0.3) is 0 Å². The number of hydrogen-bond acceptors (Lipinski definition) is 35. The third-order valence-corrected chi connectivity index (χ3v) is 22.5. The number of thiazole rings is 2. The number of carbonyl (C=O) groups is 5. The molecule has 9 aromatic rings. The van der Waals surface area contributed by atoms with E-state index in [0.717, 1.165) is 87.6 Å². The van der Waals surface area contributed by atoms with Crippen LogP contribution in [0.5, 0.6) is 28.7 Å². The molecule has 17 rings (SSSR count). The van der Waals surface area contributed by atoms with Crippen LogP contribution < -0.4 is 35.7 Å². The summed E-state index contributed by atoms with van der Waals surface area (Å²) in [5.41, 5.74) is 17.1. The lowest BCUT2D eigenvalue weighted by molar-refractivity contribution is -0.386. The Morgan fingerprint density at radius 3 is 1.47 bits per heavy atom. The number of piperidine rings is 1. The van der Waals surface area contributed by atoms with Crippen LogP contribution in [0.1, 0.15) is 127 Å². The van der Waals surface area contributed by atoms with Crippen LogP contribution in [0.15, 0.2) is 101 Å². The Hall–Kier alpha value is -10.3. The van der Waals surface area contributed by atoms with Crippen molar-refractivity contribution < 1.29 is 115 Å². The van der Waals surface area contributed by atoms with E-state index in [1.54, 1.807) is 47.1 Å². The molecule has 2 saturated carbocycles. The summed E-state index contributed by atoms with van der Waals surface area (Å²) in [4.78, 5) is 85.7. The maximum absolute atomic E-state index is 11.7. The van der Waals surface area contributed by atoms with E-state index in [9.17, 15) is 44.2 Å².